The van der Waals surface area contributed by atoms with Crippen LogP contribution in [0.4, 0.5) is 0 Å². The van der Waals surface area contributed by atoms with Crippen LogP contribution in [0, 0.1) is 40.4 Å². The van der Waals surface area contributed by atoms with Crippen molar-refractivity contribution in [3.8, 4) is 0 Å². The monoisotopic (exact) mass is 291 g/mol. The molecule has 1 saturated heterocycles. The van der Waals surface area contributed by atoms with E-state index in [-0.39, 0.29) is 53.5 Å². The van der Waals surface area contributed by atoms with Crippen molar-refractivity contribution in [1.29, 1.82) is 0 Å². The van der Waals surface area contributed by atoms with Crippen LogP contribution in [0.5, 0.6) is 0 Å². The second-order valence-electron chi connectivity index (χ2n) is 7.12. The number of methoxy groups -OCH3 is 2. The van der Waals surface area contributed by atoms with Crippen molar-refractivity contribution in [2.45, 2.75) is 18.9 Å². The number of rotatable bonds is 2. The molecule has 21 heavy (non-hydrogen) atoms. The molecule has 6 nitrogen and oxygen atoms in total. The number of carbonyl (C=O) groups excluding carboxylic acids is 3. The van der Waals surface area contributed by atoms with Gasteiger partial charge < -0.3 is 14.8 Å². The number of β-lactam (4-membered cyclic amide) rings is 1. The summed E-state index contributed by atoms with van der Waals surface area (Å²) in [7, 11) is 2.75. The zero-order chi connectivity index (χ0) is 14.7. The Morgan fingerprint density at radius 3 is 2.00 bits per heavy atom. The molecule has 0 aromatic heterocycles. The lowest BCUT2D eigenvalue weighted by Crippen LogP contribution is -2.99. The molecule has 8 atom stereocenters. The fourth-order valence-electron chi connectivity index (χ4n) is 6.86. The van der Waals surface area contributed by atoms with Crippen molar-refractivity contribution in [2.75, 3.05) is 14.2 Å². The van der Waals surface area contributed by atoms with Gasteiger partial charge in [-0.15, -0.1) is 0 Å². The summed E-state index contributed by atoms with van der Waals surface area (Å²) in [5.41, 5.74) is -1.53. The van der Waals surface area contributed by atoms with Crippen LogP contribution in [0.1, 0.15) is 12.8 Å². The van der Waals surface area contributed by atoms with Crippen LogP contribution < -0.4 is 5.32 Å². The van der Waals surface area contributed by atoms with E-state index in [1.165, 1.54) is 14.2 Å². The zero-order valence-corrected chi connectivity index (χ0v) is 11.9. The van der Waals surface area contributed by atoms with Gasteiger partial charge in [0.1, 0.15) is 0 Å². The largest absolute Gasteiger partial charge is 0.469 e. The van der Waals surface area contributed by atoms with E-state index < -0.39 is 10.8 Å². The maximum absolute atomic E-state index is 12.6. The lowest BCUT2D eigenvalue weighted by molar-refractivity contribution is -0.424. The fraction of sp³-hybridized carbons (Fsp3) is 0.800. The van der Waals surface area contributed by atoms with Crippen LogP contribution in [-0.2, 0) is 23.9 Å². The van der Waals surface area contributed by atoms with Gasteiger partial charge in [0, 0.05) is 12.0 Å². The molecule has 4 aliphatic carbocycles. The molecule has 1 aliphatic heterocycles. The van der Waals surface area contributed by atoms with Gasteiger partial charge in [0.15, 0.2) is 0 Å². The summed E-state index contributed by atoms with van der Waals surface area (Å²) in [6.07, 6.45) is 1.91. The maximum Gasteiger partial charge on any atom is 0.313 e. The van der Waals surface area contributed by atoms with Gasteiger partial charge in [-0.1, -0.05) is 0 Å². The third-order valence-corrected chi connectivity index (χ3v) is 7.39. The topological polar surface area (TPSA) is 81.7 Å². The Hall–Kier alpha value is -1.59. The van der Waals surface area contributed by atoms with Crippen molar-refractivity contribution < 1.29 is 23.9 Å². The van der Waals surface area contributed by atoms with Gasteiger partial charge in [-0.2, -0.15) is 0 Å². The quantitative estimate of drug-likeness (QED) is 0.430. The third kappa shape index (κ3) is 0.767. The molecule has 112 valence electrons. The molecule has 0 radical (unpaired) electrons. The highest BCUT2D eigenvalue weighted by Crippen LogP contribution is 2.92. The van der Waals surface area contributed by atoms with Crippen LogP contribution in [0.3, 0.4) is 0 Å². The molecule has 5 aliphatic rings. The Morgan fingerprint density at radius 1 is 1.05 bits per heavy atom. The van der Waals surface area contributed by atoms with Crippen molar-refractivity contribution in [1.82, 2.24) is 5.32 Å². The van der Waals surface area contributed by atoms with Crippen LogP contribution in [0.25, 0.3) is 0 Å². The van der Waals surface area contributed by atoms with Gasteiger partial charge in [0.2, 0.25) is 5.91 Å². The van der Waals surface area contributed by atoms with Crippen molar-refractivity contribution >= 4 is 17.8 Å². The molecule has 0 bridgehead atoms. The van der Waals surface area contributed by atoms with Crippen LogP contribution in [0.15, 0.2) is 0 Å². The first-order valence-electron chi connectivity index (χ1n) is 7.55. The molecule has 5 fully saturated rings. The SMILES string of the molecule is COC(=O)[C@@]12[C@H]3[C@@H]4C(=O)N[C@@H]4[C@H]3[C@]1(C(=O)OC)[C@@H]1CC[C@@H]12. The second kappa shape index (κ2) is 3.10. The van der Waals surface area contributed by atoms with E-state index in [4.69, 9.17) is 9.47 Å². The standard InChI is InChI=1S/C15H17NO5/c1-20-12(18)14-5-3-4-6(5)15(14,13(19)21-2)9-8(14)7-10(9)16-11(7)17/h5-10H,3-4H2,1-2H3,(H,16,17)/t5-,6+,7-,8-,9-,10-,14+,15-/m0/s1. The first-order valence-corrected chi connectivity index (χ1v) is 7.55. The molecular formula is C15H17NO5. The van der Waals surface area contributed by atoms with E-state index in [1.807, 2.05) is 0 Å². The summed E-state index contributed by atoms with van der Waals surface area (Å²) in [6, 6.07) is 0.0564. The molecule has 5 rings (SSSR count). The normalized spacial score (nSPS) is 57.0. The first kappa shape index (κ1) is 12.0. The molecule has 1 amide bonds. The molecule has 0 unspecified atom stereocenters. The van der Waals surface area contributed by atoms with Gasteiger partial charge in [-0.3, -0.25) is 14.4 Å². The molecule has 6 heteroatoms. The van der Waals surface area contributed by atoms with Gasteiger partial charge in [-0.25, -0.2) is 0 Å². The number of nitrogens with one attached hydrogen (secondary N) is 1. The smallest absolute Gasteiger partial charge is 0.313 e. The lowest BCUT2D eigenvalue weighted by Gasteiger charge is -2.90. The number of ether oxygens (including phenoxy) is 2. The van der Waals surface area contributed by atoms with E-state index >= 15 is 0 Å². The number of hydrogen-bond acceptors (Lipinski definition) is 5. The molecule has 0 aromatic rings. The highest BCUT2D eigenvalue weighted by molar-refractivity contribution is 6.01. The van der Waals surface area contributed by atoms with Crippen molar-refractivity contribution in [3.63, 3.8) is 0 Å². The summed E-state index contributed by atoms with van der Waals surface area (Å²) in [4.78, 5) is 37.0. The third-order valence-electron chi connectivity index (χ3n) is 7.39. The van der Waals surface area contributed by atoms with Gasteiger partial charge in [0.25, 0.3) is 0 Å². The first-order chi connectivity index (χ1) is 10.1. The van der Waals surface area contributed by atoms with Crippen molar-refractivity contribution in [3.05, 3.63) is 0 Å². The Morgan fingerprint density at radius 2 is 1.57 bits per heavy atom. The second-order valence-corrected chi connectivity index (χ2v) is 7.12. The molecule has 1 heterocycles. The summed E-state index contributed by atoms with van der Waals surface area (Å²) in [6.45, 7) is 0. The van der Waals surface area contributed by atoms with E-state index in [1.54, 1.807) is 0 Å². The minimum Gasteiger partial charge on any atom is -0.469 e. The molecule has 0 spiro atoms. The minimum atomic E-state index is -0.790. The Labute approximate surface area is 121 Å². The number of piperidine rings is 1. The molecule has 0 aromatic carbocycles. The number of fused-ring (bicyclic) bond motifs is 10. The minimum absolute atomic E-state index is 0.0192. The molecular weight excluding hydrogens is 274 g/mol. The maximum atomic E-state index is 12.6. The van der Waals surface area contributed by atoms with Crippen LogP contribution in [-0.4, -0.2) is 38.1 Å². The summed E-state index contributed by atoms with van der Waals surface area (Å²) < 4.78 is 10.1. The summed E-state index contributed by atoms with van der Waals surface area (Å²) >= 11 is 0. The summed E-state index contributed by atoms with van der Waals surface area (Å²) in [5, 5.41) is 2.90. The lowest BCUT2D eigenvalue weighted by atomic mass is 9.11. The van der Waals surface area contributed by atoms with Gasteiger partial charge in [-0.05, 0) is 30.6 Å². The number of amides is 1. The van der Waals surface area contributed by atoms with Gasteiger partial charge in [0.05, 0.1) is 31.0 Å². The predicted octanol–water partition coefficient (Wildman–Crippen LogP) is -0.281. The highest BCUT2D eigenvalue weighted by Gasteiger charge is 3.00. The molecule has 4 saturated carbocycles. The Bertz CT molecular complexity index is 617. The number of esters is 2. The van der Waals surface area contributed by atoms with E-state index in [0.29, 0.717) is 0 Å². The number of hydrogen-bond donors (Lipinski definition) is 1. The van der Waals surface area contributed by atoms with E-state index in [2.05, 4.69) is 5.32 Å². The van der Waals surface area contributed by atoms with Crippen molar-refractivity contribution in [2.24, 2.45) is 40.4 Å². The summed E-state index contributed by atoms with van der Waals surface area (Å²) in [5.74, 6) is -0.219. The van der Waals surface area contributed by atoms with Crippen LogP contribution >= 0.6 is 0 Å². The Kier molecular flexibility index (Phi) is 1.77. The average Bonchev–Trinajstić information content (AvgIpc) is 2.44. The van der Waals surface area contributed by atoms with Crippen LogP contribution in [0.2, 0.25) is 0 Å². The van der Waals surface area contributed by atoms with Gasteiger partial charge >= 0.3 is 11.9 Å². The number of carbonyl (C=O) groups is 3. The van der Waals surface area contributed by atoms with E-state index in [0.717, 1.165) is 12.8 Å². The zero-order valence-electron chi connectivity index (χ0n) is 11.9. The highest BCUT2D eigenvalue weighted by atomic mass is 16.5. The average molecular weight is 291 g/mol. The predicted molar refractivity (Wildman–Crippen MR) is 67.5 cm³/mol. The molecule has 1 N–H and O–H groups in total. The fourth-order valence-corrected chi connectivity index (χ4v) is 6.86. The Balaban J connectivity index is 1.66. The van der Waals surface area contributed by atoms with E-state index in [9.17, 15) is 14.4 Å².